The molecule has 2 rings (SSSR count). The molecule has 2 aromatic heterocycles. The molecule has 0 N–H and O–H groups in total. The van der Waals surface area contributed by atoms with Crippen molar-refractivity contribution in [2.24, 2.45) is 0 Å². The number of rotatable bonds is 5. The van der Waals surface area contributed by atoms with Gasteiger partial charge >= 0.3 is 5.69 Å². The molecule has 0 radical (unpaired) electrons. The first kappa shape index (κ1) is 14.1. The average Bonchev–Trinajstić information content (AvgIpc) is 2.45. The number of nitrogens with zero attached hydrogens (tertiary/aromatic N) is 5. The Morgan fingerprint density at radius 3 is 2.75 bits per heavy atom. The molecule has 0 amide bonds. The summed E-state index contributed by atoms with van der Waals surface area (Å²) < 4.78 is 0. The minimum Gasteiger partial charge on any atom is -0.353 e. The molecule has 0 atom stereocenters. The van der Waals surface area contributed by atoms with Crippen molar-refractivity contribution >= 4 is 23.1 Å². The summed E-state index contributed by atoms with van der Waals surface area (Å²) in [6, 6.07) is 3.80. The van der Waals surface area contributed by atoms with Gasteiger partial charge < -0.3 is 4.90 Å². The third-order valence-electron chi connectivity index (χ3n) is 2.76. The van der Waals surface area contributed by atoms with Gasteiger partial charge in [-0.15, -0.1) is 0 Å². The van der Waals surface area contributed by atoms with Crippen molar-refractivity contribution in [2.75, 3.05) is 18.5 Å². The average molecular weight is 294 g/mol. The molecular weight excluding hydrogens is 282 g/mol. The molecule has 0 bridgehead atoms. The summed E-state index contributed by atoms with van der Waals surface area (Å²) in [7, 11) is 1.73. The van der Waals surface area contributed by atoms with Crippen LogP contribution >= 0.6 is 11.6 Å². The standard InChI is InChI=1S/C12H12ClN5O2/c1-17(7-4-9-2-5-14-6-3-9)11-10(18(19)20)8-15-12(13)16-11/h2-3,5-6,8H,4,7H2,1H3. The second-order valence-electron chi connectivity index (χ2n) is 4.13. The van der Waals surface area contributed by atoms with Crippen LogP contribution in [0.15, 0.2) is 30.7 Å². The van der Waals surface area contributed by atoms with Crippen molar-refractivity contribution in [3.05, 3.63) is 51.7 Å². The Bertz CT molecular complexity index is 608. The van der Waals surface area contributed by atoms with Gasteiger partial charge in [0.1, 0.15) is 6.20 Å². The van der Waals surface area contributed by atoms with Gasteiger partial charge in [0.25, 0.3) is 0 Å². The fourth-order valence-electron chi connectivity index (χ4n) is 1.71. The van der Waals surface area contributed by atoms with Gasteiger partial charge in [0, 0.05) is 26.0 Å². The summed E-state index contributed by atoms with van der Waals surface area (Å²) in [6.07, 6.45) is 5.25. The van der Waals surface area contributed by atoms with Crippen LogP contribution in [0.5, 0.6) is 0 Å². The Hall–Kier alpha value is -2.28. The predicted octanol–water partition coefficient (Wildman–Crippen LogP) is 2.11. The molecule has 0 spiro atoms. The Morgan fingerprint density at radius 1 is 1.40 bits per heavy atom. The minimum atomic E-state index is -0.519. The van der Waals surface area contributed by atoms with E-state index in [9.17, 15) is 10.1 Å². The van der Waals surface area contributed by atoms with E-state index in [-0.39, 0.29) is 16.8 Å². The maximum Gasteiger partial charge on any atom is 0.329 e. The fourth-order valence-corrected chi connectivity index (χ4v) is 1.84. The predicted molar refractivity (Wildman–Crippen MR) is 74.9 cm³/mol. The van der Waals surface area contributed by atoms with Crippen LogP contribution in [-0.2, 0) is 6.42 Å². The zero-order valence-corrected chi connectivity index (χ0v) is 11.5. The number of anilines is 1. The molecule has 0 saturated heterocycles. The van der Waals surface area contributed by atoms with Gasteiger partial charge in [0.2, 0.25) is 11.1 Å². The van der Waals surface area contributed by atoms with E-state index < -0.39 is 4.92 Å². The highest BCUT2D eigenvalue weighted by Gasteiger charge is 2.20. The van der Waals surface area contributed by atoms with Crippen LogP contribution in [0.3, 0.4) is 0 Å². The lowest BCUT2D eigenvalue weighted by molar-refractivity contribution is -0.384. The van der Waals surface area contributed by atoms with Crippen molar-refractivity contribution in [3.63, 3.8) is 0 Å². The minimum absolute atomic E-state index is 0.0126. The second kappa shape index (κ2) is 6.25. The summed E-state index contributed by atoms with van der Waals surface area (Å²) in [5.74, 6) is 0.212. The van der Waals surface area contributed by atoms with E-state index in [0.717, 1.165) is 18.2 Å². The smallest absolute Gasteiger partial charge is 0.329 e. The first-order chi connectivity index (χ1) is 9.58. The zero-order valence-electron chi connectivity index (χ0n) is 10.7. The third-order valence-corrected chi connectivity index (χ3v) is 2.95. The number of nitro groups is 1. The molecule has 0 fully saturated rings. The van der Waals surface area contributed by atoms with Crippen LogP contribution < -0.4 is 4.90 Å². The molecule has 2 heterocycles. The normalized spacial score (nSPS) is 10.3. The van der Waals surface area contributed by atoms with Crippen molar-refractivity contribution in [2.45, 2.75) is 6.42 Å². The van der Waals surface area contributed by atoms with Gasteiger partial charge in [-0.1, -0.05) is 0 Å². The van der Waals surface area contributed by atoms with Gasteiger partial charge in [-0.3, -0.25) is 15.1 Å². The summed E-state index contributed by atoms with van der Waals surface area (Å²) in [6.45, 7) is 0.568. The van der Waals surface area contributed by atoms with Crippen molar-refractivity contribution < 1.29 is 4.92 Å². The summed E-state index contributed by atoms with van der Waals surface area (Å²) in [4.78, 5) is 23.6. The number of aromatic nitrogens is 3. The van der Waals surface area contributed by atoms with E-state index in [4.69, 9.17) is 11.6 Å². The largest absolute Gasteiger partial charge is 0.353 e. The first-order valence-electron chi connectivity index (χ1n) is 5.85. The van der Waals surface area contributed by atoms with Crippen LogP contribution in [0.4, 0.5) is 11.5 Å². The summed E-state index contributed by atoms with van der Waals surface area (Å²) in [5.41, 5.74) is 0.932. The highest BCUT2D eigenvalue weighted by molar-refractivity contribution is 6.28. The molecule has 0 aromatic carbocycles. The maximum atomic E-state index is 11.0. The lowest BCUT2D eigenvalue weighted by atomic mass is 10.2. The topological polar surface area (TPSA) is 85.0 Å². The van der Waals surface area contributed by atoms with Crippen LogP contribution in [0.25, 0.3) is 0 Å². The van der Waals surface area contributed by atoms with Gasteiger partial charge in [-0.2, -0.15) is 4.98 Å². The van der Waals surface area contributed by atoms with Gasteiger partial charge in [-0.05, 0) is 35.7 Å². The van der Waals surface area contributed by atoms with Crippen molar-refractivity contribution in [1.29, 1.82) is 0 Å². The monoisotopic (exact) mass is 293 g/mol. The molecule has 8 heteroatoms. The number of hydrogen-bond acceptors (Lipinski definition) is 6. The molecule has 0 aliphatic heterocycles. The van der Waals surface area contributed by atoms with Gasteiger partial charge in [0.15, 0.2) is 0 Å². The number of pyridine rings is 1. The molecular formula is C12H12ClN5O2. The molecule has 7 nitrogen and oxygen atoms in total. The second-order valence-corrected chi connectivity index (χ2v) is 4.47. The fraction of sp³-hybridized carbons (Fsp3) is 0.250. The Kier molecular flexibility index (Phi) is 4.41. The van der Waals surface area contributed by atoms with E-state index in [1.807, 2.05) is 12.1 Å². The number of halogens is 1. The molecule has 2 aromatic rings. The van der Waals surface area contributed by atoms with E-state index in [0.29, 0.717) is 6.54 Å². The molecule has 0 unspecified atom stereocenters. The SMILES string of the molecule is CN(CCc1ccncc1)c1nc(Cl)ncc1[N+](=O)[O-]. The third kappa shape index (κ3) is 3.39. The highest BCUT2D eigenvalue weighted by atomic mass is 35.5. The number of likely N-dealkylation sites (N-methyl/N-ethyl adjacent to an activating group) is 1. The maximum absolute atomic E-state index is 11.0. The van der Waals surface area contributed by atoms with Crippen LogP contribution in [0.2, 0.25) is 5.28 Å². The quantitative estimate of drug-likeness (QED) is 0.477. The molecule has 0 aliphatic rings. The van der Waals surface area contributed by atoms with Crippen molar-refractivity contribution in [1.82, 2.24) is 15.0 Å². The summed E-state index contributed by atoms with van der Waals surface area (Å²) in [5, 5.41) is 10.9. The highest BCUT2D eigenvalue weighted by Crippen LogP contribution is 2.25. The van der Waals surface area contributed by atoms with Gasteiger partial charge in [0.05, 0.1) is 4.92 Å². The Balaban J connectivity index is 2.14. The van der Waals surface area contributed by atoms with Crippen LogP contribution in [0.1, 0.15) is 5.56 Å². The molecule has 0 saturated carbocycles. The van der Waals surface area contributed by atoms with Crippen molar-refractivity contribution in [3.8, 4) is 0 Å². The van der Waals surface area contributed by atoms with E-state index >= 15 is 0 Å². The van der Waals surface area contributed by atoms with E-state index in [1.165, 1.54) is 0 Å². The lowest BCUT2D eigenvalue weighted by Gasteiger charge is -2.17. The molecule has 0 aliphatic carbocycles. The van der Waals surface area contributed by atoms with Crippen LogP contribution in [0, 0.1) is 10.1 Å². The van der Waals surface area contributed by atoms with Gasteiger partial charge in [-0.25, -0.2) is 4.98 Å². The van der Waals surface area contributed by atoms with Crippen LogP contribution in [-0.4, -0.2) is 33.5 Å². The first-order valence-corrected chi connectivity index (χ1v) is 6.22. The Morgan fingerprint density at radius 2 is 2.10 bits per heavy atom. The number of hydrogen-bond donors (Lipinski definition) is 0. The zero-order chi connectivity index (χ0) is 14.5. The van der Waals surface area contributed by atoms with E-state index in [2.05, 4.69) is 15.0 Å². The molecule has 104 valence electrons. The summed E-state index contributed by atoms with van der Waals surface area (Å²) >= 11 is 5.70. The van der Waals surface area contributed by atoms with E-state index in [1.54, 1.807) is 24.3 Å². The Labute approximate surface area is 120 Å². The lowest BCUT2D eigenvalue weighted by Crippen LogP contribution is -2.22. The molecule has 20 heavy (non-hydrogen) atoms.